The highest BCUT2D eigenvalue weighted by Gasteiger charge is 2.08. The topological polar surface area (TPSA) is 9.23 Å². The molecule has 2 heteroatoms. The Morgan fingerprint density at radius 3 is 2.64 bits per heavy atom. The zero-order chi connectivity index (χ0) is 10.6. The lowest BCUT2D eigenvalue weighted by molar-refractivity contribution is 0.311. The van der Waals surface area contributed by atoms with Crippen LogP contribution in [0.3, 0.4) is 0 Å². The minimum Gasteiger partial charge on any atom is -0.493 e. The van der Waals surface area contributed by atoms with Crippen molar-refractivity contribution in [3.63, 3.8) is 0 Å². The van der Waals surface area contributed by atoms with Gasteiger partial charge in [-0.15, -0.1) is 0 Å². The lowest BCUT2D eigenvalue weighted by Crippen LogP contribution is -2.00. The average Bonchev–Trinajstić information content (AvgIpc) is 2.14. The van der Waals surface area contributed by atoms with E-state index in [4.69, 9.17) is 4.74 Å². The zero-order valence-corrected chi connectivity index (χ0v) is 9.01. The normalized spacial score (nSPS) is 10.6. The molecule has 1 rings (SSSR count). The van der Waals surface area contributed by atoms with E-state index in [1.807, 2.05) is 6.92 Å². The van der Waals surface area contributed by atoms with Crippen LogP contribution >= 0.6 is 0 Å². The maximum atomic E-state index is 13.0. The minimum absolute atomic E-state index is 0.236. The first-order valence-electron chi connectivity index (χ1n) is 5.07. The van der Waals surface area contributed by atoms with Gasteiger partial charge in [0.15, 0.2) is 0 Å². The Morgan fingerprint density at radius 1 is 1.36 bits per heavy atom. The Bertz CT molecular complexity index is 294. The molecule has 1 aromatic carbocycles. The Kier molecular flexibility index (Phi) is 3.93. The lowest BCUT2D eigenvalue weighted by Gasteiger charge is -2.13. The summed E-state index contributed by atoms with van der Waals surface area (Å²) < 4.78 is 18.4. The lowest BCUT2D eigenvalue weighted by atomic mass is 10.0. The highest BCUT2D eigenvalue weighted by atomic mass is 19.1. The number of ether oxygens (including phenoxy) is 1. The van der Waals surface area contributed by atoms with E-state index in [9.17, 15) is 4.39 Å². The minimum atomic E-state index is -0.236. The largest absolute Gasteiger partial charge is 0.493 e. The Hall–Kier alpha value is -1.05. The van der Waals surface area contributed by atoms with Crippen LogP contribution in [0.2, 0.25) is 0 Å². The van der Waals surface area contributed by atoms with Crippen molar-refractivity contribution in [1.29, 1.82) is 0 Å². The van der Waals surface area contributed by atoms with Crippen molar-refractivity contribution < 1.29 is 9.13 Å². The zero-order valence-electron chi connectivity index (χ0n) is 9.01. The van der Waals surface area contributed by atoms with Gasteiger partial charge in [-0.05, 0) is 24.0 Å². The van der Waals surface area contributed by atoms with E-state index in [1.54, 1.807) is 6.07 Å². The third kappa shape index (κ3) is 2.72. The van der Waals surface area contributed by atoms with Crippen LogP contribution in [0.5, 0.6) is 5.75 Å². The van der Waals surface area contributed by atoms with Gasteiger partial charge in [0.05, 0.1) is 6.61 Å². The monoisotopic (exact) mass is 196 g/mol. The van der Waals surface area contributed by atoms with Crippen molar-refractivity contribution in [3.8, 4) is 5.75 Å². The first-order chi connectivity index (χ1) is 6.65. The molecule has 0 heterocycles. The van der Waals surface area contributed by atoms with E-state index < -0.39 is 0 Å². The molecule has 0 atom stereocenters. The molecule has 0 unspecified atom stereocenters. The van der Waals surface area contributed by atoms with Gasteiger partial charge in [0.25, 0.3) is 0 Å². The van der Waals surface area contributed by atoms with Crippen LogP contribution < -0.4 is 4.74 Å². The second-order valence-corrected chi connectivity index (χ2v) is 3.69. The molecule has 0 N–H and O–H groups in total. The molecular formula is C12H17FO. The van der Waals surface area contributed by atoms with E-state index in [0.717, 1.165) is 12.0 Å². The third-order valence-corrected chi connectivity index (χ3v) is 2.06. The van der Waals surface area contributed by atoms with Crippen molar-refractivity contribution in [3.05, 3.63) is 29.6 Å². The predicted molar refractivity (Wildman–Crippen MR) is 56.3 cm³/mol. The fourth-order valence-corrected chi connectivity index (χ4v) is 1.32. The molecule has 0 spiro atoms. The fraction of sp³-hybridized carbons (Fsp3) is 0.500. The molecule has 0 amide bonds. The molecule has 0 aliphatic carbocycles. The molecule has 0 saturated carbocycles. The Labute approximate surface area is 84.9 Å². The van der Waals surface area contributed by atoms with Crippen LogP contribution in [-0.4, -0.2) is 6.61 Å². The van der Waals surface area contributed by atoms with Crippen LogP contribution in [0.15, 0.2) is 18.2 Å². The van der Waals surface area contributed by atoms with E-state index in [1.165, 1.54) is 12.1 Å². The molecule has 0 saturated heterocycles. The molecule has 1 aromatic rings. The van der Waals surface area contributed by atoms with Crippen molar-refractivity contribution >= 4 is 0 Å². The summed E-state index contributed by atoms with van der Waals surface area (Å²) in [5.74, 6) is 0.810. The van der Waals surface area contributed by atoms with Gasteiger partial charge in [-0.25, -0.2) is 4.39 Å². The standard InChI is InChI=1S/C12H17FO/c1-4-7-14-12-8-10(13)5-6-11(12)9(2)3/h5-6,8-9H,4,7H2,1-3H3. The molecular weight excluding hydrogens is 179 g/mol. The summed E-state index contributed by atoms with van der Waals surface area (Å²) in [5.41, 5.74) is 1.07. The van der Waals surface area contributed by atoms with Crippen molar-refractivity contribution in [2.24, 2.45) is 0 Å². The van der Waals surface area contributed by atoms with Gasteiger partial charge < -0.3 is 4.74 Å². The van der Waals surface area contributed by atoms with E-state index >= 15 is 0 Å². The quantitative estimate of drug-likeness (QED) is 0.712. The van der Waals surface area contributed by atoms with Gasteiger partial charge in [0, 0.05) is 6.07 Å². The summed E-state index contributed by atoms with van der Waals surface area (Å²) in [6.07, 6.45) is 0.939. The smallest absolute Gasteiger partial charge is 0.126 e. The highest BCUT2D eigenvalue weighted by molar-refractivity contribution is 5.36. The third-order valence-electron chi connectivity index (χ3n) is 2.06. The molecule has 0 aliphatic heterocycles. The van der Waals surface area contributed by atoms with Crippen molar-refractivity contribution in [2.75, 3.05) is 6.61 Å². The van der Waals surface area contributed by atoms with Crippen LogP contribution in [0.1, 0.15) is 38.7 Å². The number of hydrogen-bond acceptors (Lipinski definition) is 1. The van der Waals surface area contributed by atoms with Crippen LogP contribution in [0.25, 0.3) is 0 Å². The second kappa shape index (κ2) is 4.99. The first kappa shape index (κ1) is 11.0. The molecule has 1 nitrogen and oxygen atoms in total. The van der Waals surface area contributed by atoms with Crippen LogP contribution in [0.4, 0.5) is 4.39 Å². The molecule has 14 heavy (non-hydrogen) atoms. The first-order valence-corrected chi connectivity index (χ1v) is 5.07. The van der Waals surface area contributed by atoms with Crippen molar-refractivity contribution in [2.45, 2.75) is 33.1 Å². The number of hydrogen-bond donors (Lipinski definition) is 0. The van der Waals surface area contributed by atoms with Crippen molar-refractivity contribution in [1.82, 2.24) is 0 Å². The van der Waals surface area contributed by atoms with Gasteiger partial charge in [0.2, 0.25) is 0 Å². The van der Waals surface area contributed by atoms with Gasteiger partial charge >= 0.3 is 0 Å². The molecule has 78 valence electrons. The van der Waals surface area contributed by atoms with Gasteiger partial charge in [0.1, 0.15) is 11.6 Å². The molecule has 0 fully saturated rings. The average molecular weight is 196 g/mol. The van der Waals surface area contributed by atoms with Crippen LogP contribution in [-0.2, 0) is 0 Å². The summed E-state index contributed by atoms with van der Waals surface area (Å²) in [5, 5.41) is 0. The van der Waals surface area contributed by atoms with Gasteiger partial charge in [-0.2, -0.15) is 0 Å². The molecule has 0 aliphatic rings. The second-order valence-electron chi connectivity index (χ2n) is 3.69. The van der Waals surface area contributed by atoms with E-state index in [-0.39, 0.29) is 5.82 Å². The Balaban J connectivity index is 2.91. The summed E-state index contributed by atoms with van der Waals surface area (Å²) >= 11 is 0. The molecule has 0 radical (unpaired) electrons. The highest BCUT2D eigenvalue weighted by Crippen LogP contribution is 2.27. The maximum absolute atomic E-state index is 13.0. The van der Waals surface area contributed by atoms with Gasteiger partial charge in [-0.3, -0.25) is 0 Å². The molecule has 0 aromatic heterocycles. The Morgan fingerprint density at radius 2 is 2.07 bits per heavy atom. The number of halogens is 1. The summed E-state index contributed by atoms with van der Waals surface area (Å²) in [6.45, 7) is 6.83. The SMILES string of the molecule is CCCOc1cc(F)ccc1C(C)C. The molecule has 0 bridgehead atoms. The van der Waals surface area contributed by atoms with Crippen LogP contribution in [0, 0.1) is 5.82 Å². The van der Waals surface area contributed by atoms with E-state index in [2.05, 4.69) is 13.8 Å². The fourth-order valence-electron chi connectivity index (χ4n) is 1.32. The summed E-state index contributed by atoms with van der Waals surface area (Å²) in [4.78, 5) is 0. The van der Waals surface area contributed by atoms with Gasteiger partial charge in [-0.1, -0.05) is 26.8 Å². The number of benzene rings is 1. The summed E-state index contributed by atoms with van der Waals surface area (Å²) in [6, 6.07) is 4.74. The maximum Gasteiger partial charge on any atom is 0.126 e. The summed E-state index contributed by atoms with van der Waals surface area (Å²) in [7, 11) is 0. The predicted octanol–water partition coefficient (Wildman–Crippen LogP) is 3.74. The van der Waals surface area contributed by atoms with E-state index in [0.29, 0.717) is 18.3 Å². The number of rotatable bonds is 4.